The fourth-order valence-electron chi connectivity index (χ4n) is 2.90. The van der Waals surface area contributed by atoms with Gasteiger partial charge in [-0.25, -0.2) is 4.98 Å². The predicted octanol–water partition coefficient (Wildman–Crippen LogP) is 4.19. The Kier molecular flexibility index (Phi) is 4.04. The number of aryl methyl sites for hydroxylation is 2. The lowest BCUT2D eigenvalue weighted by molar-refractivity contribution is 0.495. The lowest BCUT2D eigenvalue weighted by atomic mass is 10.1. The first kappa shape index (κ1) is 13.3. The largest absolute Gasteiger partial charge is 0.324 e. The van der Waals surface area contributed by atoms with E-state index in [-0.39, 0.29) is 0 Å². The van der Waals surface area contributed by atoms with Gasteiger partial charge in [0.2, 0.25) is 0 Å². The van der Waals surface area contributed by atoms with E-state index in [2.05, 4.69) is 41.5 Å². The van der Waals surface area contributed by atoms with Crippen LogP contribution in [0.5, 0.6) is 0 Å². The van der Waals surface area contributed by atoms with E-state index in [0.29, 0.717) is 11.9 Å². The van der Waals surface area contributed by atoms with Crippen LogP contribution >= 0.6 is 23.4 Å². The summed E-state index contributed by atoms with van der Waals surface area (Å²) in [5, 5.41) is 0. The van der Waals surface area contributed by atoms with Crippen LogP contribution in [-0.4, -0.2) is 26.9 Å². The first-order valence-electron chi connectivity index (χ1n) is 6.91. The minimum atomic E-state index is 0.587. The van der Waals surface area contributed by atoms with Crippen molar-refractivity contribution >= 4 is 34.4 Å². The molecular weight excluding hydrogens is 276 g/mol. The molecule has 3 rings (SSSR count). The standard InChI is InChI=1S/C15H19ClN2S/c1-11-4-2-6-13-15(11)17-14(7-8-16)18(13)12-5-3-9-19-10-12/h2,4,6,12H,3,5,7-10H2,1H3. The van der Waals surface area contributed by atoms with E-state index in [9.17, 15) is 0 Å². The molecule has 4 heteroatoms. The van der Waals surface area contributed by atoms with Crippen molar-refractivity contribution in [1.29, 1.82) is 0 Å². The van der Waals surface area contributed by atoms with Gasteiger partial charge in [0.25, 0.3) is 0 Å². The summed E-state index contributed by atoms with van der Waals surface area (Å²) in [6, 6.07) is 7.06. The van der Waals surface area contributed by atoms with Gasteiger partial charge in [-0.3, -0.25) is 0 Å². The highest BCUT2D eigenvalue weighted by atomic mass is 35.5. The van der Waals surface area contributed by atoms with Crippen LogP contribution in [0.15, 0.2) is 18.2 Å². The molecule has 1 unspecified atom stereocenters. The van der Waals surface area contributed by atoms with Crippen molar-refractivity contribution in [3.63, 3.8) is 0 Å². The third kappa shape index (κ3) is 2.50. The molecule has 1 fully saturated rings. The van der Waals surface area contributed by atoms with Crippen molar-refractivity contribution in [2.45, 2.75) is 32.2 Å². The van der Waals surface area contributed by atoms with Crippen molar-refractivity contribution in [1.82, 2.24) is 9.55 Å². The van der Waals surface area contributed by atoms with E-state index in [1.165, 1.54) is 35.4 Å². The Morgan fingerprint density at radius 2 is 2.37 bits per heavy atom. The zero-order chi connectivity index (χ0) is 13.2. The molecular formula is C15H19ClN2S. The summed E-state index contributed by atoms with van der Waals surface area (Å²) in [5.41, 5.74) is 3.70. The van der Waals surface area contributed by atoms with Crippen LogP contribution in [0.25, 0.3) is 11.0 Å². The number of fused-ring (bicyclic) bond motifs is 1. The molecule has 1 saturated heterocycles. The first-order chi connectivity index (χ1) is 9.31. The summed E-state index contributed by atoms with van der Waals surface area (Å²) >= 11 is 8.01. The number of nitrogens with zero attached hydrogens (tertiary/aromatic N) is 2. The van der Waals surface area contributed by atoms with Crippen molar-refractivity contribution in [2.75, 3.05) is 17.4 Å². The second kappa shape index (κ2) is 5.76. The average molecular weight is 295 g/mol. The third-order valence-corrected chi connectivity index (χ3v) is 5.20. The Hall–Kier alpha value is -0.670. The van der Waals surface area contributed by atoms with Gasteiger partial charge in [-0.05, 0) is 37.1 Å². The van der Waals surface area contributed by atoms with Gasteiger partial charge in [-0.15, -0.1) is 11.6 Å². The quantitative estimate of drug-likeness (QED) is 0.790. The average Bonchev–Trinajstić information content (AvgIpc) is 2.80. The number of hydrogen-bond donors (Lipinski definition) is 0. The normalized spacial score (nSPS) is 20.0. The van der Waals surface area contributed by atoms with E-state index >= 15 is 0 Å². The summed E-state index contributed by atoms with van der Waals surface area (Å²) in [6.45, 7) is 2.14. The molecule has 1 aromatic heterocycles. The van der Waals surface area contributed by atoms with Gasteiger partial charge in [0.05, 0.1) is 11.0 Å². The van der Waals surface area contributed by atoms with Crippen molar-refractivity contribution in [3.8, 4) is 0 Å². The van der Waals surface area contributed by atoms with E-state index in [1.54, 1.807) is 0 Å². The number of alkyl halides is 1. The van der Waals surface area contributed by atoms with Crippen LogP contribution in [0.2, 0.25) is 0 Å². The fourth-order valence-corrected chi connectivity index (χ4v) is 4.20. The molecule has 0 saturated carbocycles. The Balaban J connectivity index is 2.13. The Morgan fingerprint density at radius 3 is 3.11 bits per heavy atom. The number of aromatic nitrogens is 2. The van der Waals surface area contributed by atoms with Gasteiger partial charge in [-0.1, -0.05) is 12.1 Å². The van der Waals surface area contributed by atoms with Crippen LogP contribution in [0, 0.1) is 6.92 Å². The minimum Gasteiger partial charge on any atom is -0.324 e. The molecule has 2 heterocycles. The summed E-state index contributed by atoms with van der Waals surface area (Å²) in [4.78, 5) is 4.85. The molecule has 0 bridgehead atoms. The SMILES string of the molecule is Cc1cccc2c1nc(CCCl)n2C1CCCSC1. The molecule has 19 heavy (non-hydrogen) atoms. The number of rotatable bonds is 3. The van der Waals surface area contributed by atoms with Crippen LogP contribution in [-0.2, 0) is 6.42 Å². The smallest absolute Gasteiger partial charge is 0.111 e. The molecule has 0 N–H and O–H groups in total. The van der Waals surface area contributed by atoms with Crippen molar-refractivity contribution in [2.24, 2.45) is 0 Å². The molecule has 0 aliphatic carbocycles. The maximum Gasteiger partial charge on any atom is 0.111 e. The van der Waals surface area contributed by atoms with Crippen molar-refractivity contribution < 1.29 is 0 Å². The van der Waals surface area contributed by atoms with Gasteiger partial charge >= 0.3 is 0 Å². The molecule has 2 nitrogen and oxygen atoms in total. The van der Waals surface area contributed by atoms with E-state index in [4.69, 9.17) is 16.6 Å². The highest BCUT2D eigenvalue weighted by Gasteiger charge is 2.21. The van der Waals surface area contributed by atoms with Gasteiger partial charge in [-0.2, -0.15) is 11.8 Å². The molecule has 1 atom stereocenters. The Morgan fingerprint density at radius 1 is 1.47 bits per heavy atom. The van der Waals surface area contributed by atoms with Crippen LogP contribution in [0.4, 0.5) is 0 Å². The molecule has 1 aromatic carbocycles. The Labute approximate surface area is 123 Å². The molecule has 102 valence electrons. The van der Waals surface area contributed by atoms with Gasteiger partial charge < -0.3 is 4.57 Å². The topological polar surface area (TPSA) is 17.8 Å². The number of halogens is 1. The van der Waals surface area contributed by atoms with Crippen LogP contribution < -0.4 is 0 Å². The molecule has 1 aliphatic rings. The van der Waals surface area contributed by atoms with Crippen LogP contribution in [0.3, 0.4) is 0 Å². The van der Waals surface area contributed by atoms with Crippen LogP contribution in [0.1, 0.15) is 30.3 Å². The lowest BCUT2D eigenvalue weighted by Gasteiger charge is -2.25. The monoisotopic (exact) mass is 294 g/mol. The van der Waals surface area contributed by atoms with Gasteiger partial charge in [0, 0.05) is 24.1 Å². The molecule has 0 radical (unpaired) electrons. The van der Waals surface area contributed by atoms with E-state index in [1.807, 2.05) is 0 Å². The van der Waals surface area contributed by atoms with Crippen molar-refractivity contribution in [3.05, 3.63) is 29.6 Å². The maximum atomic E-state index is 5.96. The van der Waals surface area contributed by atoms with E-state index in [0.717, 1.165) is 17.8 Å². The van der Waals surface area contributed by atoms with E-state index < -0.39 is 0 Å². The fraction of sp³-hybridized carbons (Fsp3) is 0.533. The Bertz CT molecular complexity index is 573. The second-order valence-electron chi connectivity index (χ2n) is 5.15. The summed E-state index contributed by atoms with van der Waals surface area (Å²) < 4.78 is 2.46. The zero-order valence-corrected chi connectivity index (χ0v) is 12.8. The maximum absolute atomic E-state index is 5.96. The molecule has 0 amide bonds. The van der Waals surface area contributed by atoms with Gasteiger partial charge in [0.15, 0.2) is 0 Å². The summed E-state index contributed by atoms with van der Waals surface area (Å²) in [5.74, 6) is 4.30. The van der Waals surface area contributed by atoms with Gasteiger partial charge in [0.1, 0.15) is 5.82 Å². The zero-order valence-electron chi connectivity index (χ0n) is 11.2. The number of thioether (sulfide) groups is 1. The minimum absolute atomic E-state index is 0.587. The number of hydrogen-bond acceptors (Lipinski definition) is 2. The lowest BCUT2D eigenvalue weighted by Crippen LogP contribution is -2.18. The number of imidazole rings is 1. The predicted molar refractivity (Wildman–Crippen MR) is 84.5 cm³/mol. The number of para-hydroxylation sites is 1. The molecule has 1 aliphatic heterocycles. The third-order valence-electron chi connectivity index (χ3n) is 3.81. The molecule has 0 spiro atoms. The first-order valence-corrected chi connectivity index (χ1v) is 8.60. The summed E-state index contributed by atoms with van der Waals surface area (Å²) in [7, 11) is 0. The molecule has 2 aromatic rings. The summed E-state index contributed by atoms with van der Waals surface area (Å²) in [6.07, 6.45) is 3.43. The highest BCUT2D eigenvalue weighted by Crippen LogP contribution is 2.32. The highest BCUT2D eigenvalue weighted by molar-refractivity contribution is 7.99. The number of benzene rings is 1. The second-order valence-corrected chi connectivity index (χ2v) is 6.68.